The minimum atomic E-state index is -0.523. The Hall–Kier alpha value is -0.240. The third-order valence-corrected chi connectivity index (χ3v) is 5.58. The average Bonchev–Trinajstić information content (AvgIpc) is 2.69. The number of halogens is 4. The average molecular weight is 428 g/mol. The van der Waals surface area contributed by atoms with Crippen LogP contribution >= 0.6 is 55.0 Å². The van der Waals surface area contributed by atoms with Crippen LogP contribution in [0, 0.1) is 11.6 Å². The Bertz CT molecular complexity index is 628. The molecule has 0 saturated heterocycles. The summed E-state index contributed by atoms with van der Waals surface area (Å²) in [5, 5.41) is 0. The summed E-state index contributed by atoms with van der Waals surface area (Å²) in [5.74, 6) is -1.12. The van der Waals surface area contributed by atoms with Gasteiger partial charge in [-0.3, -0.25) is 4.79 Å². The van der Waals surface area contributed by atoms with Gasteiger partial charge in [0.1, 0.15) is 11.6 Å². The molecule has 0 fully saturated rings. The van der Waals surface area contributed by atoms with Crippen molar-refractivity contribution in [1.82, 2.24) is 0 Å². The highest BCUT2D eigenvalue weighted by Crippen LogP contribution is 2.33. The second-order valence-electron chi connectivity index (χ2n) is 3.52. The maximum absolute atomic E-state index is 13.4. The predicted molar refractivity (Wildman–Crippen MR) is 81.1 cm³/mol. The Labute approximate surface area is 133 Å². The molecule has 0 amide bonds. The molecular weight excluding hydrogens is 422 g/mol. The number of hydrogen-bond acceptors (Lipinski definition) is 3. The molecule has 0 N–H and O–H groups in total. The van der Waals surface area contributed by atoms with Crippen LogP contribution in [0.25, 0.3) is 0 Å². The zero-order valence-electron chi connectivity index (χ0n) is 9.25. The Morgan fingerprint density at radius 2 is 2.00 bits per heavy atom. The second kappa shape index (κ2) is 6.47. The van der Waals surface area contributed by atoms with Crippen LogP contribution in [0.4, 0.5) is 8.78 Å². The lowest BCUT2D eigenvalue weighted by atomic mass is 10.2. The van der Waals surface area contributed by atoms with Crippen LogP contribution in [0.5, 0.6) is 0 Å². The fourth-order valence-corrected chi connectivity index (χ4v) is 5.04. The van der Waals surface area contributed by atoms with Gasteiger partial charge in [0, 0.05) is 10.5 Å². The highest BCUT2D eigenvalue weighted by molar-refractivity contribution is 9.12. The number of Topliss-reactive ketones (excluding diaryl/α,β-unsaturated/α-hetero) is 1. The smallest absolute Gasteiger partial charge is 0.175 e. The molecule has 0 radical (unpaired) electrons. The van der Waals surface area contributed by atoms with Crippen LogP contribution in [0.1, 0.15) is 10.4 Å². The number of ketones is 1. The highest BCUT2D eigenvalue weighted by Gasteiger charge is 2.15. The normalized spacial score (nSPS) is 10.7. The van der Waals surface area contributed by atoms with Gasteiger partial charge in [-0.25, -0.2) is 8.78 Å². The molecule has 100 valence electrons. The molecule has 1 aromatic heterocycles. The molecule has 0 aliphatic heterocycles. The molecule has 1 aromatic carbocycles. The van der Waals surface area contributed by atoms with Crippen LogP contribution in [0.2, 0.25) is 0 Å². The number of thiophene rings is 1. The number of carbonyl (C=O) groups is 1. The van der Waals surface area contributed by atoms with Crippen LogP contribution in [0.3, 0.4) is 0 Å². The van der Waals surface area contributed by atoms with E-state index in [9.17, 15) is 13.6 Å². The Kier molecular flexibility index (Phi) is 5.16. The summed E-state index contributed by atoms with van der Waals surface area (Å²) in [5.41, 5.74) is 0.543. The minimum absolute atomic E-state index is 0.0577. The first-order valence-electron chi connectivity index (χ1n) is 5.03. The van der Waals surface area contributed by atoms with E-state index >= 15 is 0 Å². The van der Waals surface area contributed by atoms with Gasteiger partial charge in [-0.05, 0) is 56.1 Å². The quantitative estimate of drug-likeness (QED) is 0.471. The molecule has 0 bridgehead atoms. The van der Waals surface area contributed by atoms with Crippen molar-refractivity contribution in [3.05, 3.63) is 49.0 Å². The molecule has 1 nitrogen and oxygen atoms in total. The van der Waals surface area contributed by atoms with Gasteiger partial charge in [0.15, 0.2) is 5.78 Å². The van der Waals surface area contributed by atoms with Gasteiger partial charge < -0.3 is 0 Å². The van der Waals surface area contributed by atoms with Gasteiger partial charge in [-0.15, -0.1) is 23.1 Å². The van der Waals surface area contributed by atoms with E-state index in [0.717, 1.165) is 37.5 Å². The molecule has 0 unspecified atom stereocenters. The largest absolute Gasteiger partial charge is 0.293 e. The first-order chi connectivity index (χ1) is 8.97. The van der Waals surface area contributed by atoms with Crippen molar-refractivity contribution in [1.29, 1.82) is 0 Å². The van der Waals surface area contributed by atoms with E-state index in [0.29, 0.717) is 5.56 Å². The van der Waals surface area contributed by atoms with E-state index < -0.39 is 11.6 Å². The van der Waals surface area contributed by atoms with Crippen molar-refractivity contribution >= 4 is 60.7 Å². The number of rotatable bonds is 4. The molecule has 2 rings (SSSR count). The summed E-state index contributed by atoms with van der Waals surface area (Å²) in [7, 11) is 0. The van der Waals surface area contributed by atoms with Gasteiger partial charge in [0.25, 0.3) is 0 Å². The van der Waals surface area contributed by atoms with Crippen molar-refractivity contribution in [2.75, 3.05) is 5.75 Å². The van der Waals surface area contributed by atoms with E-state index in [-0.39, 0.29) is 16.4 Å². The first-order valence-corrected chi connectivity index (χ1v) is 8.42. The molecule has 0 aliphatic rings. The van der Waals surface area contributed by atoms with E-state index in [2.05, 4.69) is 31.9 Å². The molecule has 2 aromatic rings. The van der Waals surface area contributed by atoms with Crippen LogP contribution in [0.15, 0.2) is 36.7 Å². The standard InChI is InChI=1S/C12H6Br2F2OS2/c13-11-4-7(12(14)19-11)9(17)5-18-10-3-6(15)1-2-8(10)16/h1-4H,5H2. The number of hydrogen-bond donors (Lipinski definition) is 0. The SMILES string of the molecule is O=C(CSc1cc(F)ccc1F)c1cc(Br)sc1Br. The van der Waals surface area contributed by atoms with Gasteiger partial charge >= 0.3 is 0 Å². The fourth-order valence-electron chi connectivity index (χ4n) is 1.34. The summed E-state index contributed by atoms with van der Waals surface area (Å²) in [6, 6.07) is 4.90. The predicted octanol–water partition coefficient (Wildman–Crippen LogP) is 5.53. The lowest BCUT2D eigenvalue weighted by Crippen LogP contribution is -2.01. The maximum atomic E-state index is 13.4. The van der Waals surface area contributed by atoms with Gasteiger partial charge in [-0.2, -0.15) is 0 Å². The number of carbonyl (C=O) groups excluding carboxylic acids is 1. The van der Waals surface area contributed by atoms with Crippen LogP contribution in [-0.4, -0.2) is 11.5 Å². The summed E-state index contributed by atoms with van der Waals surface area (Å²) in [6.45, 7) is 0. The van der Waals surface area contributed by atoms with E-state index in [1.165, 1.54) is 11.3 Å². The van der Waals surface area contributed by atoms with Crippen LogP contribution < -0.4 is 0 Å². The van der Waals surface area contributed by atoms with Crippen LogP contribution in [-0.2, 0) is 0 Å². The minimum Gasteiger partial charge on any atom is -0.293 e. The fraction of sp³-hybridized carbons (Fsp3) is 0.0833. The molecule has 19 heavy (non-hydrogen) atoms. The summed E-state index contributed by atoms with van der Waals surface area (Å²) >= 11 is 8.96. The summed E-state index contributed by atoms with van der Waals surface area (Å²) < 4.78 is 27.9. The van der Waals surface area contributed by atoms with Crippen molar-refractivity contribution in [3.63, 3.8) is 0 Å². The number of benzene rings is 1. The molecule has 0 aliphatic carbocycles. The molecule has 7 heteroatoms. The van der Waals surface area contributed by atoms with Crippen molar-refractivity contribution in [2.24, 2.45) is 0 Å². The Morgan fingerprint density at radius 3 is 2.63 bits per heavy atom. The molecule has 0 atom stereocenters. The third-order valence-electron chi connectivity index (χ3n) is 2.21. The van der Waals surface area contributed by atoms with E-state index in [1.54, 1.807) is 6.07 Å². The maximum Gasteiger partial charge on any atom is 0.175 e. The Balaban J connectivity index is 2.08. The highest BCUT2D eigenvalue weighted by atomic mass is 79.9. The van der Waals surface area contributed by atoms with Gasteiger partial charge in [0.2, 0.25) is 0 Å². The van der Waals surface area contributed by atoms with E-state index in [1.807, 2.05) is 0 Å². The second-order valence-corrected chi connectivity index (χ2v) is 8.29. The van der Waals surface area contributed by atoms with Crippen molar-refractivity contribution in [3.8, 4) is 0 Å². The van der Waals surface area contributed by atoms with E-state index in [4.69, 9.17) is 0 Å². The Morgan fingerprint density at radius 1 is 1.26 bits per heavy atom. The molecule has 0 spiro atoms. The monoisotopic (exact) mass is 426 g/mol. The van der Waals surface area contributed by atoms with Crippen molar-refractivity contribution < 1.29 is 13.6 Å². The van der Waals surface area contributed by atoms with Gasteiger partial charge in [-0.1, -0.05) is 0 Å². The van der Waals surface area contributed by atoms with Crippen molar-refractivity contribution in [2.45, 2.75) is 4.90 Å². The summed E-state index contributed by atoms with van der Waals surface area (Å²) in [6.07, 6.45) is 0. The number of thioether (sulfide) groups is 1. The third kappa shape index (κ3) is 3.87. The first kappa shape index (κ1) is 15.2. The lowest BCUT2D eigenvalue weighted by Gasteiger charge is -2.02. The lowest BCUT2D eigenvalue weighted by molar-refractivity contribution is 0.102. The zero-order chi connectivity index (χ0) is 14.0. The molecule has 1 heterocycles. The zero-order valence-corrected chi connectivity index (χ0v) is 14.1. The molecular formula is C12H6Br2F2OS2. The molecule has 0 saturated carbocycles. The summed E-state index contributed by atoms with van der Waals surface area (Å²) in [4.78, 5) is 12.1. The van der Waals surface area contributed by atoms with Gasteiger partial charge in [0.05, 0.1) is 13.3 Å². The topological polar surface area (TPSA) is 17.1 Å².